The van der Waals surface area contributed by atoms with E-state index < -0.39 is 6.04 Å². The van der Waals surface area contributed by atoms with Crippen LogP contribution >= 0.6 is 11.3 Å². The maximum absolute atomic E-state index is 14.5. The molecule has 43 heavy (non-hydrogen) atoms. The van der Waals surface area contributed by atoms with Gasteiger partial charge >= 0.3 is 0 Å². The van der Waals surface area contributed by atoms with Crippen LogP contribution in [0, 0.1) is 0 Å². The Morgan fingerprint density at radius 2 is 1.79 bits per heavy atom. The molecule has 1 aliphatic rings. The maximum Gasteiger partial charge on any atom is 0.271 e. The third-order valence-electron chi connectivity index (χ3n) is 8.16. The van der Waals surface area contributed by atoms with Gasteiger partial charge in [-0.1, -0.05) is 65.9 Å². The highest BCUT2D eigenvalue weighted by molar-refractivity contribution is 7.07. The summed E-state index contributed by atoms with van der Waals surface area (Å²) in [6.07, 6.45) is 5.85. The van der Waals surface area contributed by atoms with Crippen molar-refractivity contribution in [3.05, 3.63) is 122 Å². The quantitative estimate of drug-likeness (QED) is 0.227. The van der Waals surface area contributed by atoms with Crippen LogP contribution < -0.4 is 19.6 Å². The van der Waals surface area contributed by atoms with Crippen LogP contribution in [0.15, 0.2) is 101 Å². The lowest BCUT2D eigenvalue weighted by atomic mass is 9.90. The number of aromatic nitrogens is 2. The Kier molecular flexibility index (Phi) is 7.62. The van der Waals surface area contributed by atoms with Crippen LogP contribution in [-0.2, 0) is 11.3 Å². The number of carbonyl (C=O) groups is 1. The molecule has 1 amide bonds. The lowest BCUT2D eigenvalue weighted by Gasteiger charge is -2.30. The molecule has 218 valence electrons. The number of hydrogen-bond donors (Lipinski definition) is 0. The van der Waals surface area contributed by atoms with Crippen molar-refractivity contribution in [3.8, 4) is 5.75 Å². The Morgan fingerprint density at radius 3 is 2.51 bits per heavy atom. The van der Waals surface area contributed by atoms with Gasteiger partial charge in [0.05, 0.1) is 22.9 Å². The monoisotopic (exact) mass is 590 g/mol. The number of allylic oxidation sites excluding steroid dienone is 2. The molecule has 0 spiro atoms. The van der Waals surface area contributed by atoms with E-state index in [9.17, 15) is 9.59 Å². The summed E-state index contributed by atoms with van der Waals surface area (Å²) in [7, 11) is 1.62. The highest BCUT2D eigenvalue weighted by atomic mass is 32.1. The third kappa shape index (κ3) is 4.72. The fourth-order valence-corrected chi connectivity index (χ4v) is 7.14. The summed E-state index contributed by atoms with van der Waals surface area (Å²) in [5.41, 5.74) is 3.69. The lowest BCUT2D eigenvalue weighted by Crippen LogP contribution is -2.43. The number of carbonyl (C=O) groups excluding carboxylic acids is 1. The van der Waals surface area contributed by atoms with Crippen molar-refractivity contribution in [2.24, 2.45) is 4.99 Å². The number of thiazole rings is 1. The Balaban J connectivity index is 1.66. The molecule has 1 aliphatic heterocycles. The zero-order chi connectivity index (χ0) is 30.2. The number of amides is 1. The average molecular weight is 591 g/mol. The van der Waals surface area contributed by atoms with Crippen LogP contribution in [0.25, 0.3) is 27.8 Å². The van der Waals surface area contributed by atoms with Gasteiger partial charge in [0, 0.05) is 47.9 Å². The van der Waals surface area contributed by atoms with Gasteiger partial charge in [-0.3, -0.25) is 14.2 Å². The first-order chi connectivity index (χ1) is 20.9. The van der Waals surface area contributed by atoms with E-state index in [4.69, 9.17) is 9.73 Å². The Morgan fingerprint density at radius 1 is 1.07 bits per heavy atom. The molecule has 0 unspecified atom stereocenters. The Bertz CT molecular complexity index is 2110. The molecule has 2 aromatic heterocycles. The normalized spacial score (nSPS) is 15.1. The smallest absolute Gasteiger partial charge is 0.271 e. The number of para-hydroxylation sites is 1. The Hall–Kier alpha value is -4.69. The topological polar surface area (TPSA) is 68.8 Å². The number of hydrogen-bond acceptors (Lipinski definition) is 5. The summed E-state index contributed by atoms with van der Waals surface area (Å²) >= 11 is 1.34. The van der Waals surface area contributed by atoms with Crippen LogP contribution in [0.1, 0.15) is 37.9 Å². The van der Waals surface area contributed by atoms with Gasteiger partial charge in [0.25, 0.3) is 11.5 Å². The number of benzene rings is 3. The van der Waals surface area contributed by atoms with Crippen molar-refractivity contribution < 1.29 is 9.53 Å². The zero-order valence-electron chi connectivity index (χ0n) is 24.8. The van der Waals surface area contributed by atoms with Gasteiger partial charge in [-0.05, 0) is 49.8 Å². The van der Waals surface area contributed by atoms with E-state index in [1.54, 1.807) is 16.6 Å². The standard InChI is InChI=1S/C35H34N4O3S/c1-6-19-38-21-24(25-14-11-12-16-27(25)38)20-29-33(40)39-32(31-26-15-10-9-13-23(26)17-18-28(31)42-5)30(22(4)36-35(39)43-29)34(41)37(7-2)8-3/h6,9-18,20-21,32H,1,7-8,19H2,2-5H3/b29-20+/t32-/m1/s1. The average Bonchev–Trinajstić information content (AvgIpc) is 3.52. The highest BCUT2D eigenvalue weighted by Gasteiger charge is 2.36. The molecule has 0 saturated heterocycles. The first-order valence-corrected chi connectivity index (χ1v) is 15.3. The van der Waals surface area contributed by atoms with E-state index in [1.165, 1.54) is 11.3 Å². The predicted molar refractivity (Wildman–Crippen MR) is 174 cm³/mol. The second-order valence-electron chi connectivity index (χ2n) is 10.5. The fourth-order valence-electron chi connectivity index (χ4n) is 6.11. The van der Waals surface area contributed by atoms with Crippen LogP contribution in [-0.4, -0.2) is 40.1 Å². The van der Waals surface area contributed by atoms with Crippen LogP contribution in [0.4, 0.5) is 0 Å². The number of methoxy groups -OCH3 is 1. The minimum atomic E-state index is -0.713. The molecular formula is C35H34N4O3S. The predicted octanol–water partition coefficient (Wildman–Crippen LogP) is 5.41. The molecule has 5 aromatic rings. The number of ether oxygens (including phenoxy) is 1. The van der Waals surface area contributed by atoms with E-state index in [1.807, 2.05) is 81.5 Å². The molecule has 3 heterocycles. The maximum atomic E-state index is 14.5. The van der Waals surface area contributed by atoms with E-state index in [0.717, 1.165) is 32.8 Å². The summed E-state index contributed by atoms with van der Waals surface area (Å²) in [5.74, 6) is 0.485. The van der Waals surface area contributed by atoms with Gasteiger partial charge in [0.1, 0.15) is 11.8 Å². The molecule has 7 nitrogen and oxygen atoms in total. The molecule has 0 radical (unpaired) electrons. The molecule has 0 saturated carbocycles. The van der Waals surface area contributed by atoms with Gasteiger partial charge in [-0.25, -0.2) is 4.99 Å². The molecule has 0 fully saturated rings. The van der Waals surface area contributed by atoms with E-state index >= 15 is 0 Å². The van der Waals surface area contributed by atoms with Gasteiger partial charge in [-0.2, -0.15) is 0 Å². The molecular weight excluding hydrogens is 556 g/mol. The highest BCUT2D eigenvalue weighted by Crippen LogP contribution is 2.40. The molecule has 3 aromatic carbocycles. The van der Waals surface area contributed by atoms with Crippen LogP contribution in [0.2, 0.25) is 0 Å². The minimum Gasteiger partial charge on any atom is -0.496 e. The number of nitrogens with zero attached hydrogens (tertiary/aromatic N) is 4. The second-order valence-corrected chi connectivity index (χ2v) is 11.5. The molecule has 1 atom stereocenters. The van der Waals surface area contributed by atoms with Gasteiger partial charge in [-0.15, -0.1) is 6.58 Å². The molecule has 8 heteroatoms. The first-order valence-electron chi connectivity index (χ1n) is 14.5. The van der Waals surface area contributed by atoms with Gasteiger partial charge in [0.15, 0.2) is 4.80 Å². The lowest BCUT2D eigenvalue weighted by molar-refractivity contribution is -0.127. The molecule has 0 bridgehead atoms. The molecule has 0 aliphatic carbocycles. The van der Waals surface area contributed by atoms with E-state index in [2.05, 4.69) is 29.5 Å². The molecule has 6 rings (SSSR count). The van der Waals surface area contributed by atoms with Crippen molar-refractivity contribution in [2.75, 3.05) is 20.2 Å². The second kappa shape index (κ2) is 11.5. The van der Waals surface area contributed by atoms with Crippen molar-refractivity contribution in [1.82, 2.24) is 14.0 Å². The van der Waals surface area contributed by atoms with E-state index in [-0.39, 0.29) is 11.5 Å². The zero-order valence-corrected chi connectivity index (χ0v) is 25.6. The number of fused-ring (bicyclic) bond motifs is 3. The summed E-state index contributed by atoms with van der Waals surface area (Å²) < 4.78 is 10.3. The SMILES string of the molecule is C=CCn1cc(/C=c2/sc3n(c2=O)[C@@H](c2c(OC)ccc4ccccc24)C(C(=O)N(CC)CC)=C(C)N=3)c2ccccc21. The third-order valence-corrected chi connectivity index (χ3v) is 9.14. The Labute approximate surface area is 254 Å². The summed E-state index contributed by atoms with van der Waals surface area (Å²) in [6, 6.07) is 19.3. The van der Waals surface area contributed by atoms with Crippen LogP contribution in [0.5, 0.6) is 5.75 Å². The summed E-state index contributed by atoms with van der Waals surface area (Å²) in [5, 5.41) is 2.98. The minimum absolute atomic E-state index is 0.131. The summed E-state index contributed by atoms with van der Waals surface area (Å²) in [4.78, 5) is 35.8. The van der Waals surface area contributed by atoms with Gasteiger partial charge in [0.2, 0.25) is 0 Å². The van der Waals surface area contributed by atoms with Gasteiger partial charge < -0.3 is 14.2 Å². The van der Waals surface area contributed by atoms with Crippen molar-refractivity contribution in [3.63, 3.8) is 0 Å². The van der Waals surface area contributed by atoms with Crippen molar-refractivity contribution in [1.29, 1.82) is 0 Å². The first kappa shape index (κ1) is 28.4. The molecule has 0 N–H and O–H groups in total. The van der Waals surface area contributed by atoms with Crippen molar-refractivity contribution >= 4 is 45.0 Å². The fraction of sp³-hybridized carbons (Fsp3) is 0.229. The largest absolute Gasteiger partial charge is 0.496 e. The van der Waals surface area contributed by atoms with E-state index in [0.29, 0.717) is 46.0 Å². The number of rotatable bonds is 8. The van der Waals surface area contributed by atoms with Crippen LogP contribution in [0.3, 0.4) is 0 Å². The number of likely N-dealkylation sites (N-methyl/N-ethyl adjacent to an activating group) is 1. The summed E-state index contributed by atoms with van der Waals surface area (Å²) in [6.45, 7) is 11.4. The van der Waals surface area contributed by atoms with Crippen molar-refractivity contribution in [2.45, 2.75) is 33.4 Å².